The number of carbonyl (C=O) groups is 1. The van der Waals surface area contributed by atoms with Crippen molar-refractivity contribution in [3.63, 3.8) is 0 Å². The van der Waals surface area contributed by atoms with Crippen molar-refractivity contribution in [2.45, 2.75) is 25.1 Å². The van der Waals surface area contributed by atoms with Crippen molar-refractivity contribution in [2.24, 2.45) is 0 Å². The maximum atomic E-state index is 12.1. The smallest absolute Gasteiger partial charge is 0.316 e. The number of thioether (sulfide) groups is 1. The van der Waals surface area contributed by atoms with Gasteiger partial charge in [0.1, 0.15) is 11.5 Å². The lowest BCUT2D eigenvalue weighted by molar-refractivity contribution is -0.144. The van der Waals surface area contributed by atoms with Gasteiger partial charge in [-0.05, 0) is 50.2 Å². The van der Waals surface area contributed by atoms with Crippen LogP contribution in [0.15, 0.2) is 41.6 Å². The molecule has 0 N–H and O–H groups in total. The zero-order valence-corrected chi connectivity index (χ0v) is 19.7. The molecule has 0 spiro atoms. The van der Waals surface area contributed by atoms with Crippen LogP contribution >= 0.6 is 35.0 Å². The van der Waals surface area contributed by atoms with Gasteiger partial charge in [0.25, 0.3) is 0 Å². The van der Waals surface area contributed by atoms with E-state index in [4.69, 9.17) is 37.4 Å². The van der Waals surface area contributed by atoms with Crippen molar-refractivity contribution < 1.29 is 19.0 Å². The average Bonchev–Trinajstić information content (AvgIpc) is 3.15. The molecule has 0 amide bonds. The van der Waals surface area contributed by atoms with Crippen molar-refractivity contribution >= 4 is 40.9 Å². The van der Waals surface area contributed by atoms with Crippen LogP contribution in [0.4, 0.5) is 0 Å². The summed E-state index contributed by atoms with van der Waals surface area (Å²) in [4.78, 5) is 12.1. The molecular formula is C21H21Cl2N3O4S. The van der Waals surface area contributed by atoms with Crippen LogP contribution in [0.2, 0.25) is 10.0 Å². The molecule has 2 aromatic carbocycles. The topological polar surface area (TPSA) is 75.5 Å². The van der Waals surface area contributed by atoms with E-state index in [2.05, 4.69) is 10.2 Å². The molecule has 0 aliphatic heterocycles. The Kier molecular flexibility index (Phi) is 7.69. The molecule has 0 atom stereocenters. The summed E-state index contributed by atoms with van der Waals surface area (Å²) in [7, 11) is 3.11. The van der Waals surface area contributed by atoms with Crippen LogP contribution in [-0.4, -0.2) is 46.8 Å². The van der Waals surface area contributed by atoms with E-state index < -0.39 is 0 Å². The summed E-state index contributed by atoms with van der Waals surface area (Å²) in [6, 6.07) is 10.5. The first kappa shape index (κ1) is 23.2. The SMILES string of the molecule is COc1ccc(-n2c(SCC(=O)OC(C)C)nnc2-c2cc(Cl)ccc2OC)cc1Cl. The highest BCUT2D eigenvalue weighted by molar-refractivity contribution is 7.99. The van der Waals surface area contributed by atoms with E-state index in [0.717, 1.165) is 0 Å². The van der Waals surface area contributed by atoms with Gasteiger partial charge >= 0.3 is 5.97 Å². The maximum Gasteiger partial charge on any atom is 0.316 e. The van der Waals surface area contributed by atoms with Gasteiger partial charge in [-0.1, -0.05) is 35.0 Å². The third-order valence-corrected chi connectivity index (χ3v) is 5.55. The molecule has 7 nitrogen and oxygen atoms in total. The van der Waals surface area contributed by atoms with E-state index >= 15 is 0 Å². The lowest BCUT2D eigenvalue weighted by Crippen LogP contribution is -2.13. The minimum absolute atomic E-state index is 0.0763. The average molecular weight is 482 g/mol. The molecule has 3 aromatic rings. The first-order chi connectivity index (χ1) is 14.8. The number of rotatable bonds is 8. The molecule has 0 radical (unpaired) electrons. The highest BCUT2D eigenvalue weighted by Crippen LogP contribution is 2.36. The molecule has 0 saturated carbocycles. The largest absolute Gasteiger partial charge is 0.496 e. The Balaban J connectivity index is 2.10. The Morgan fingerprint density at radius 2 is 1.77 bits per heavy atom. The Hall–Kier alpha value is -2.42. The fourth-order valence-corrected chi connectivity index (χ4v) is 4.00. The number of nitrogens with zero attached hydrogens (tertiary/aromatic N) is 3. The second kappa shape index (κ2) is 10.3. The summed E-state index contributed by atoms with van der Waals surface area (Å²) in [5, 5.41) is 10.1. The second-order valence-corrected chi connectivity index (χ2v) is 8.42. The number of aromatic nitrogens is 3. The zero-order chi connectivity index (χ0) is 22.5. The number of hydrogen-bond acceptors (Lipinski definition) is 7. The van der Waals surface area contributed by atoms with E-state index in [1.54, 1.807) is 63.0 Å². The molecule has 0 unspecified atom stereocenters. The van der Waals surface area contributed by atoms with Crippen LogP contribution in [0, 0.1) is 0 Å². The van der Waals surface area contributed by atoms with E-state index in [1.165, 1.54) is 11.8 Å². The van der Waals surface area contributed by atoms with E-state index in [-0.39, 0.29) is 17.8 Å². The van der Waals surface area contributed by atoms with Crippen molar-refractivity contribution in [2.75, 3.05) is 20.0 Å². The minimum Gasteiger partial charge on any atom is -0.496 e. The van der Waals surface area contributed by atoms with Crippen LogP contribution < -0.4 is 9.47 Å². The van der Waals surface area contributed by atoms with Gasteiger partial charge < -0.3 is 14.2 Å². The van der Waals surface area contributed by atoms with Gasteiger partial charge in [-0.15, -0.1) is 10.2 Å². The summed E-state index contributed by atoms with van der Waals surface area (Å²) in [5.41, 5.74) is 1.33. The van der Waals surface area contributed by atoms with Gasteiger partial charge in [0.15, 0.2) is 11.0 Å². The predicted octanol–water partition coefficient (Wildman–Crippen LogP) is 5.30. The van der Waals surface area contributed by atoms with Crippen LogP contribution in [0.3, 0.4) is 0 Å². The van der Waals surface area contributed by atoms with Crippen LogP contribution in [0.5, 0.6) is 11.5 Å². The van der Waals surface area contributed by atoms with E-state index in [1.807, 2.05) is 6.07 Å². The van der Waals surface area contributed by atoms with Crippen molar-refractivity contribution in [1.29, 1.82) is 0 Å². The van der Waals surface area contributed by atoms with E-state index in [9.17, 15) is 4.79 Å². The number of hydrogen-bond donors (Lipinski definition) is 0. The molecule has 3 rings (SSSR count). The predicted molar refractivity (Wildman–Crippen MR) is 122 cm³/mol. The van der Waals surface area contributed by atoms with Crippen molar-refractivity contribution in [3.8, 4) is 28.6 Å². The molecule has 31 heavy (non-hydrogen) atoms. The summed E-state index contributed by atoms with van der Waals surface area (Å²) in [6.45, 7) is 3.60. The summed E-state index contributed by atoms with van der Waals surface area (Å²) in [5.74, 6) is 1.33. The lowest BCUT2D eigenvalue weighted by atomic mass is 10.2. The first-order valence-corrected chi connectivity index (χ1v) is 11.0. The number of halogens is 2. The molecule has 0 aliphatic carbocycles. The van der Waals surface area contributed by atoms with Crippen molar-refractivity contribution in [3.05, 3.63) is 46.4 Å². The fraction of sp³-hybridized carbons (Fsp3) is 0.286. The van der Waals surface area contributed by atoms with Gasteiger partial charge in [0, 0.05) is 5.02 Å². The summed E-state index contributed by atoms with van der Waals surface area (Å²) in [6.07, 6.45) is -0.197. The third kappa shape index (κ3) is 5.44. The zero-order valence-electron chi connectivity index (χ0n) is 17.4. The Bertz CT molecular complexity index is 1090. The highest BCUT2D eigenvalue weighted by atomic mass is 35.5. The number of ether oxygens (including phenoxy) is 3. The fourth-order valence-electron chi connectivity index (χ4n) is 2.84. The number of methoxy groups -OCH3 is 2. The van der Waals surface area contributed by atoms with E-state index in [0.29, 0.717) is 43.8 Å². The molecule has 0 fully saturated rings. The van der Waals surface area contributed by atoms with Gasteiger partial charge in [0.05, 0.1) is 42.3 Å². The maximum absolute atomic E-state index is 12.1. The molecular weight excluding hydrogens is 461 g/mol. The molecule has 0 saturated heterocycles. The number of esters is 1. The molecule has 1 aromatic heterocycles. The van der Waals surface area contributed by atoms with Gasteiger partial charge in [0.2, 0.25) is 0 Å². The summed E-state index contributed by atoms with van der Waals surface area (Å²) < 4.78 is 17.7. The second-order valence-electron chi connectivity index (χ2n) is 6.63. The molecule has 1 heterocycles. The quantitative estimate of drug-likeness (QED) is 0.319. The Labute approximate surface area is 194 Å². The van der Waals surface area contributed by atoms with Gasteiger partial charge in [-0.3, -0.25) is 9.36 Å². The first-order valence-electron chi connectivity index (χ1n) is 9.29. The van der Waals surface area contributed by atoms with Crippen LogP contribution in [0.1, 0.15) is 13.8 Å². The van der Waals surface area contributed by atoms with Crippen LogP contribution in [0.25, 0.3) is 17.1 Å². The highest BCUT2D eigenvalue weighted by Gasteiger charge is 2.21. The van der Waals surface area contributed by atoms with Crippen LogP contribution in [-0.2, 0) is 9.53 Å². The summed E-state index contributed by atoms with van der Waals surface area (Å²) >= 11 is 13.8. The number of carbonyl (C=O) groups excluding carboxylic acids is 1. The molecule has 0 bridgehead atoms. The Morgan fingerprint density at radius 1 is 1.06 bits per heavy atom. The monoisotopic (exact) mass is 481 g/mol. The Morgan fingerprint density at radius 3 is 2.42 bits per heavy atom. The lowest BCUT2D eigenvalue weighted by Gasteiger charge is -2.14. The molecule has 164 valence electrons. The van der Waals surface area contributed by atoms with Gasteiger partial charge in [-0.25, -0.2) is 0 Å². The normalized spacial score (nSPS) is 10.9. The third-order valence-electron chi connectivity index (χ3n) is 4.12. The van der Waals surface area contributed by atoms with Crippen molar-refractivity contribution in [1.82, 2.24) is 14.8 Å². The minimum atomic E-state index is -0.343. The standard InChI is InChI=1S/C21H21Cl2N3O4S/c1-12(2)30-19(27)11-31-21-25-24-20(15-9-13(22)5-7-17(15)28-3)26(21)14-6-8-18(29-4)16(23)10-14/h5-10,12H,11H2,1-4H3. The molecule has 10 heteroatoms. The van der Waals surface area contributed by atoms with Gasteiger partial charge in [-0.2, -0.15) is 0 Å². The molecule has 0 aliphatic rings. The number of benzene rings is 2.